The van der Waals surface area contributed by atoms with Crippen LogP contribution in [-0.4, -0.2) is 12.7 Å². The van der Waals surface area contributed by atoms with Gasteiger partial charge in [-0.1, -0.05) is 27.7 Å². The van der Waals surface area contributed by atoms with Crippen molar-refractivity contribution in [3.8, 4) is 0 Å². The molecule has 0 amide bonds. The largest absolute Gasteiger partial charge is 0.378 e. The molecule has 1 nitrogen and oxygen atoms in total. The maximum atomic E-state index is 5.99. The molecule has 14 heavy (non-hydrogen) atoms. The fraction of sp³-hybridized carbons (Fsp3) is 1.00. The van der Waals surface area contributed by atoms with Crippen LogP contribution in [0.4, 0.5) is 0 Å². The molecule has 1 heteroatoms. The summed E-state index contributed by atoms with van der Waals surface area (Å²) in [6.07, 6.45) is 3.29. The zero-order valence-electron chi connectivity index (χ0n) is 10.3. The van der Waals surface area contributed by atoms with Crippen molar-refractivity contribution in [1.82, 2.24) is 0 Å². The maximum Gasteiger partial charge on any atom is 0.0662 e. The molecule has 0 radical (unpaired) electrons. The highest BCUT2D eigenvalue weighted by molar-refractivity contribution is 5.11. The molecule has 0 aromatic heterocycles. The van der Waals surface area contributed by atoms with Gasteiger partial charge in [-0.3, -0.25) is 0 Å². The van der Waals surface area contributed by atoms with E-state index in [1.807, 2.05) is 0 Å². The Kier molecular flexibility index (Phi) is 2.23. The highest BCUT2D eigenvalue weighted by Gasteiger charge is 2.63. The van der Waals surface area contributed by atoms with E-state index in [0.29, 0.717) is 16.9 Å². The van der Waals surface area contributed by atoms with E-state index in [-0.39, 0.29) is 0 Å². The minimum absolute atomic E-state index is 0.391. The summed E-state index contributed by atoms with van der Waals surface area (Å²) in [6, 6.07) is 0. The molecule has 2 rings (SSSR count). The van der Waals surface area contributed by atoms with E-state index in [9.17, 15) is 0 Å². The van der Waals surface area contributed by atoms with Crippen LogP contribution in [0.5, 0.6) is 0 Å². The van der Waals surface area contributed by atoms with Crippen molar-refractivity contribution in [1.29, 1.82) is 0 Å². The van der Waals surface area contributed by atoms with Crippen LogP contribution < -0.4 is 0 Å². The monoisotopic (exact) mass is 196 g/mol. The zero-order valence-corrected chi connectivity index (χ0v) is 10.3. The Morgan fingerprint density at radius 1 is 1.07 bits per heavy atom. The topological polar surface area (TPSA) is 9.23 Å². The number of fused-ring (bicyclic) bond motifs is 2. The number of hydrogen-bond acceptors (Lipinski definition) is 1. The molecule has 3 atom stereocenters. The molecular weight excluding hydrogens is 172 g/mol. The first-order chi connectivity index (χ1) is 6.42. The van der Waals surface area contributed by atoms with Crippen molar-refractivity contribution < 1.29 is 4.74 Å². The Bertz CT molecular complexity index is 229. The van der Waals surface area contributed by atoms with Crippen molar-refractivity contribution >= 4 is 0 Å². The smallest absolute Gasteiger partial charge is 0.0662 e. The van der Waals surface area contributed by atoms with Gasteiger partial charge in [-0.05, 0) is 42.4 Å². The lowest BCUT2D eigenvalue weighted by atomic mass is 9.72. The molecule has 2 aliphatic carbocycles. The van der Waals surface area contributed by atoms with Crippen LogP contribution in [0.25, 0.3) is 0 Å². The maximum absolute atomic E-state index is 5.99. The van der Waals surface area contributed by atoms with Crippen molar-refractivity contribution in [3.63, 3.8) is 0 Å². The van der Waals surface area contributed by atoms with Crippen molar-refractivity contribution in [3.05, 3.63) is 0 Å². The van der Waals surface area contributed by atoms with Crippen molar-refractivity contribution in [2.75, 3.05) is 6.61 Å². The fourth-order valence-electron chi connectivity index (χ4n) is 4.45. The minimum atomic E-state index is 0.391. The summed E-state index contributed by atoms with van der Waals surface area (Å²) in [5, 5.41) is 0. The van der Waals surface area contributed by atoms with Gasteiger partial charge in [0.05, 0.1) is 6.10 Å². The van der Waals surface area contributed by atoms with Gasteiger partial charge in [-0.25, -0.2) is 0 Å². The first-order valence-corrected chi connectivity index (χ1v) is 6.04. The van der Waals surface area contributed by atoms with E-state index < -0.39 is 0 Å². The Balaban J connectivity index is 2.29. The van der Waals surface area contributed by atoms with Crippen LogP contribution in [0.1, 0.15) is 47.5 Å². The van der Waals surface area contributed by atoms with E-state index in [4.69, 9.17) is 4.74 Å². The lowest BCUT2D eigenvalue weighted by molar-refractivity contribution is -0.0532. The summed E-state index contributed by atoms with van der Waals surface area (Å²) in [7, 11) is 0. The Morgan fingerprint density at radius 2 is 1.71 bits per heavy atom. The standard InChI is InChI=1S/C13H24O/c1-6-14-11-9-7-8-10(12(9,2)3)13(11,4)5/h9-11H,6-8H2,1-5H3. The Labute approximate surface area is 88.2 Å². The predicted octanol–water partition coefficient (Wildman–Crippen LogP) is 3.48. The second-order valence-electron chi connectivity index (χ2n) is 6.26. The predicted molar refractivity (Wildman–Crippen MR) is 59.2 cm³/mol. The summed E-state index contributed by atoms with van der Waals surface area (Å²) in [6.45, 7) is 12.7. The second kappa shape index (κ2) is 2.98. The van der Waals surface area contributed by atoms with Crippen molar-refractivity contribution in [2.45, 2.75) is 53.6 Å². The average molecular weight is 196 g/mol. The molecule has 3 unspecified atom stereocenters. The molecule has 0 saturated heterocycles. The molecule has 0 aliphatic heterocycles. The van der Waals surface area contributed by atoms with Gasteiger partial charge in [-0.2, -0.15) is 0 Å². The lowest BCUT2D eigenvalue weighted by Gasteiger charge is -2.37. The lowest BCUT2D eigenvalue weighted by Crippen LogP contribution is -2.37. The third-order valence-corrected chi connectivity index (χ3v) is 4.96. The van der Waals surface area contributed by atoms with Gasteiger partial charge in [0.1, 0.15) is 0 Å². The highest BCUT2D eigenvalue weighted by atomic mass is 16.5. The van der Waals surface area contributed by atoms with Crippen LogP contribution in [0.15, 0.2) is 0 Å². The van der Waals surface area contributed by atoms with E-state index >= 15 is 0 Å². The average Bonchev–Trinajstić information content (AvgIpc) is 2.42. The van der Waals surface area contributed by atoms with Gasteiger partial charge in [-0.15, -0.1) is 0 Å². The second-order valence-corrected chi connectivity index (χ2v) is 6.26. The van der Waals surface area contributed by atoms with Crippen LogP contribution in [-0.2, 0) is 4.74 Å². The molecule has 0 aromatic rings. The number of ether oxygens (including phenoxy) is 1. The van der Waals surface area contributed by atoms with E-state index in [1.165, 1.54) is 12.8 Å². The van der Waals surface area contributed by atoms with Gasteiger partial charge in [0.25, 0.3) is 0 Å². The summed E-state index contributed by atoms with van der Waals surface area (Å²) in [5.74, 6) is 1.65. The third kappa shape index (κ3) is 1.11. The van der Waals surface area contributed by atoms with Crippen LogP contribution in [0, 0.1) is 22.7 Å². The van der Waals surface area contributed by atoms with Gasteiger partial charge in [0.15, 0.2) is 0 Å². The molecule has 0 heterocycles. The molecule has 0 aromatic carbocycles. The molecule has 0 N–H and O–H groups in total. The van der Waals surface area contributed by atoms with E-state index in [0.717, 1.165) is 18.4 Å². The fourth-order valence-corrected chi connectivity index (χ4v) is 4.45. The summed E-state index contributed by atoms with van der Waals surface area (Å²) >= 11 is 0. The molecule has 2 fully saturated rings. The third-order valence-electron chi connectivity index (χ3n) is 4.96. The minimum Gasteiger partial charge on any atom is -0.378 e. The first kappa shape index (κ1) is 10.5. The van der Waals surface area contributed by atoms with Crippen molar-refractivity contribution in [2.24, 2.45) is 22.7 Å². The summed E-state index contributed by atoms with van der Waals surface area (Å²) < 4.78 is 5.99. The number of rotatable bonds is 2. The van der Waals surface area contributed by atoms with Crippen LogP contribution in [0.2, 0.25) is 0 Å². The molecule has 0 spiro atoms. The van der Waals surface area contributed by atoms with Gasteiger partial charge < -0.3 is 4.74 Å². The molecule has 2 bridgehead atoms. The van der Waals surface area contributed by atoms with E-state index in [1.54, 1.807) is 0 Å². The molecule has 82 valence electrons. The SMILES string of the molecule is CCOC1C2CCC(C2(C)C)C1(C)C. The molecular formula is C13H24O. The van der Waals surface area contributed by atoms with Crippen LogP contribution in [0.3, 0.4) is 0 Å². The van der Waals surface area contributed by atoms with E-state index in [2.05, 4.69) is 34.6 Å². The normalized spacial score (nSPS) is 43.1. The molecule has 2 aliphatic rings. The highest BCUT2D eigenvalue weighted by Crippen LogP contribution is 2.66. The van der Waals surface area contributed by atoms with Gasteiger partial charge in [0, 0.05) is 6.61 Å². The quantitative estimate of drug-likeness (QED) is 0.657. The van der Waals surface area contributed by atoms with Gasteiger partial charge in [0.2, 0.25) is 0 Å². The Hall–Kier alpha value is -0.0400. The van der Waals surface area contributed by atoms with Gasteiger partial charge >= 0.3 is 0 Å². The summed E-state index contributed by atoms with van der Waals surface area (Å²) in [5.41, 5.74) is 0.895. The zero-order chi connectivity index (χ0) is 10.6. The molecule has 2 saturated carbocycles. The van der Waals surface area contributed by atoms with Crippen LogP contribution >= 0.6 is 0 Å². The first-order valence-electron chi connectivity index (χ1n) is 6.04. The summed E-state index contributed by atoms with van der Waals surface area (Å²) in [4.78, 5) is 0. The Morgan fingerprint density at radius 3 is 2.14 bits per heavy atom. The number of hydrogen-bond donors (Lipinski definition) is 0.